The van der Waals surface area contributed by atoms with Crippen LogP contribution in [0.25, 0.3) is 10.2 Å². The minimum Gasteiger partial charge on any atom is -0.352 e. The molecule has 2 saturated heterocycles. The summed E-state index contributed by atoms with van der Waals surface area (Å²) in [7, 11) is 0. The zero-order chi connectivity index (χ0) is 24.6. The maximum absolute atomic E-state index is 12.9. The summed E-state index contributed by atoms with van der Waals surface area (Å²) in [4.78, 5) is 37.3. The summed E-state index contributed by atoms with van der Waals surface area (Å²) in [6.45, 7) is 2.11. The molecule has 0 spiro atoms. The summed E-state index contributed by atoms with van der Waals surface area (Å²) in [6, 6.07) is 9.36. The third-order valence-corrected chi connectivity index (χ3v) is 7.44. The second-order valence-corrected chi connectivity index (χ2v) is 9.98. The molecule has 2 aromatic heterocycles. The second-order valence-electron chi connectivity index (χ2n) is 8.87. The molecule has 11 heteroatoms. The Bertz CT molecular complexity index is 1240. The molecule has 1 N–H and O–H groups in total. The van der Waals surface area contributed by atoms with Gasteiger partial charge in [-0.1, -0.05) is 24.3 Å². The van der Waals surface area contributed by atoms with Gasteiger partial charge in [-0.15, -0.1) is 11.3 Å². The molecular weight excluding hydrogens is 479 g/mol. The number of carbonyl (C=O) groups excluding carboxylic acids is 2. The number of rotatable bonds is 5. The van der Waals surface area contributed by atoms with E-state index in [1.54, 1.807) is 0 Å². The number of hydrogen-bond donors (Lipinski definition) is 1. The van der Waals surface area contributed by atoms with Crippen molar-refractivity contribution in [2.75, 3.05) is 31.1 Å². The summed E-state index contributed by atoms with van der Waals surface area (Å²) in [5, 5.41) is 3.57. The van der Waals surface area contributed by atoms with Crippen LogP contribution < -0.4 is 10.2 Å². The maximum atomic E-state index is 12.9. The number of nitrogens with zero attached hydrogens (tertiary/aromatic N) is 4. The number of carbonyl (C=O) groups is 2. The van der Waals surface area contributed by atoms with Gasteiger partial charge in [0.25, 0.3) is 0 Å². The van der Waals surface area contributed by atoms with Gasteiger partial charge in [-0.25, -0.2) is 9.97 Å². The number of anilines is 1. The largest absolute Gasteiger partial charge is 0.393 e. The fraction of sp³-hybridized carbons (Fsp3) is 0.417. The molecule has 1 unspecified atom stereocenters. The Labute approximate surface area is 204 Å². The maximum Gasteiger partial charge on any atom is 0.393 e. The normalized spacial score (nSPS) is 18.8. The van der Waals surface area contributed by atoms with Gasteiger partial charge in [0, 0.05) is 37.5 Å². The summed E-state index contributed by atoms with van der Waals surface area (Å²) < 4.78 is 38.4. The summed E-state index contributed by atoms with van der Waals surface area (Å²) >= 11 is 1.04. The van der Waals surface area contributed by atoms with E-state index in [1.807, 2.05) is 34.1 Å². The molecular formula is C24H24F3N5O2S. The topological polar surface area (TPSA) is 78.4 Å². The first-order chi connectivity index (χ1) is 16.7. The number of alkyl halides is 3. The molecule has 3 aromatic rings. The SMILES string of the molecule is O=C1CCC(c2ccc(CC(=O)N3CCN(c4ncnc5sc(CC(F)(F)F)cc45)CC3)cc2)N1. The van der Waals surface area contributed by atoms with Crippen LogP contribution in [0.2, 0.25) is 0 Å². The first-order valence-electron chi connectivity index (χ1n) is 11.5. The quantitative estimate of drug-likeness (QED) is 0.575. The van der Waals surface area contributed by atoms with E-state index >= 15 is 0 Å². The molecule has 1 atom stereocenters. The molecule has 4 heterocycles. The summed E-state index contributed by atoms with van der Waals surface area (Å²) in [6.07, 6.45) is -2.25. The van der Waals surface area contributed by atoms with Crippen molar-refractivity contribution in [3.8, 4) is 0 Å². The highest BCUT2D eigenvalue weighted by atomic mass is 32.1. The number of fused-ring (bicyclic) bond motifs is 1. The molecule has 5 rings (SSSR count). The van der Waals surface area contributed by atoms with Crippen molar-refractivity contribution in [3.05, 3.63) is 52.7 Å². The predicted octanol–water partition coefficient (Wildman–Crippen LogP) is 3.64. The number of benzene rings is 1. The Morgan fingerprint density at radius 3 is 2.51 bits per heavy atom. The smallest absolute Gasteiger partial charge is 0.352 e. The van der Waals surface area contributed by atoms with E-state index in [-0.39, 0.29) is 22.7 Å². The highest BCUT2D eigenvalue weighted by Gasteiger charge is 2.30. The van der Waals surface area contributed by atoms with Crippen LogP contribution in [0, 0.1) is 0 Å². The fourth-order valence-corrected chi connectivity index (χ4v) is 5.64. The van der Waals surface area contributed by atoms with Crippen LogP contribution in [0.1, 0.15) is 34.9 Å². The van der Waals surface area contributed by atoms with E-state index < -0.39 is 12.6 Å². The minimum atomic E-state index is -4.27. The van der Waals surface area contributed by atoms with Gasteiger partial charge < -0.3 is 15.1 Å². The van der Waals surface area contributed by atoms with E-state index in [0.717, 1.165) is 28.9 Å². The lowest BCUT2D eigenvalue weighted by Gasteiger charge is -2.35. The van der Waals surface area contributed by atoms with E-state index in [9.17, 15) is 22.8 Å². The number of amides is 2. The van der Waals surface area contributed by atoms with E-state index in [1.165, 1.54) is 12.4 Å². The van der Waals surface area contributed by atoms with Crippen LogP contribution in [0.3, 0.4) is 0 Å². The fourth-order valence-electron chi connectivity index (χ4n) is 4.62. The van der Waals surface area contributed by atoms with Crippen LogP contribution in [0.4, 0.5) is 19.0 Å². The average molecular weight is 504 g/mol. The third-order valence-electron chi connectivity index (χ3n) is 6.40. The van der Waals surface area contributed by atoms with Crippen molar-refractivity contribution >= 4 is 39.2 Å². The van der Waals surface area contributed by atoms with Crippen molar-refractivity contribution in [1.29, 1.82) is 0 Å². The van der Waals surface area contributed by atoms with Crippen LogP contribution in [-0.2, 0) is 22.4 Å². The Balaban J connectivity index is 1.19. The van der Waals surface area contributed by atoms with Gasteiger partial charge in [0.1, 0.15) is 17.0 Å². The van der Waals surface area contributed by atoms with E-state index in [2.05, 4.69) is 15.3 Å². The molecule has 7 nitrogen and oxygen atoms in total. The van der Waals surface area contributed by atoms with E-state index in [0.29, 0.717) is 55.1 Å². The highest BCUT2D eigenvalue weighted by molar-refractivity contribution is 7.18. The predicted molar refractivity (Wildman–Crippen MR) is 126 cm³/mol. The zero-order valence-corrected chi connectivity index (χ0v) is 19.7. The van der Waals surface area contributed by atoms with Gasteiger partial charge in [-0.05, 0) is 23.6 Å². The summed E-state index contributed by atoms with van der Waals surface area (Å²) in [5.74, 6) is 0.709. The van der Waals surface area contributed by atoms with E-state index in [4.69, 9.17) is 0 Å². The molecule has 0 saturated carbocycles. The van der Waals surface area contributed by atoms with Crippen molar-refractivity contribution < 1.29 is 22.8 Å². The minimum absolute atomic E-state index is 0.0300. The lowest BCUT2D eigenvalue weighted by atomic mass is 10.0. The van der Waals surface area contributed by atoms with Crippen molar-refractivity contribution in [2.45, 2.75) is 37.9 Å². The Hall–Kier alpha value is -3.21. The average Bonchev–Trinajstić information content (AvgIpc) is 3.44. The highest BCUT2D eigenvalue weighted by Crippen LogP contribution is 2.34. The van der Waals surface area contributed by atoms with Gasteiger partial charge in [0.15, 0.2) is 0 Å². The lowest BCUT2D eigenvalue weighted by molar-refractivity contribution is -0.130. The molecule has 1 aromatic carbocycles. The third kappa shape index (κ3) is 5.39. The number of nitrogens with one attached hydrogen (secondary N) is 1. The Morgan fingerprint density at radius 2 is 1.86 bits per heavy atom. The molecule has 2 amide bonds. The first-order valence-corrected chi connectivity index (χ1v) is 12.3. The van der Waals surface area contributed by atoms with Crippen LogP contribution in [0.15, 0.2) is 36.7 Å². The molecule has 35 heavy (non-hydrogen) atoms. The van der Waals surface area contributed by atoms with Crippen molar-refractivity contribution in [2.24, 2.45) is 0 Å². The summed E-state index contributed by atoms with van der Waals surface area (Å²) in [5.41, 5.74) is 1.96. The number of piperazine rings is 1. The van der Waals surface area contributed by atoms with Crippen molar-refractivity contribution in [1.82, 2.24) is 20.2 Å². The zero-order valence-electron chi connectivity index (χ0n) is 18.8. The van der Waals surface area contributed by atoms with Gasteiger partial charge >= 0.3 is 6.18 Å². The molecule has 2 aliphatic heterocycles. The standard InChI is InChI=1S/C24H24F3N5O2S/c25-24(26,27)13-17-12-18-22(28-14-29-23(18)35-17)32-9-7-31(8-10-32)21(34)11-15-1-3-16(4-2-15)19-5-6-20(33)30-19/h1-4,12,14,19H,5-11,13H2,(H,30,33). The molecule has 184 valence electrons. The molecule has 2 aliphatic rings. The van der Waals surface area contributed by atoms with Gasteiger partial charge in [-0.2, -0.15) is 13.2 Å². The monoisotopic (exact) mass is 503 g/mol. The van der Waals surface area contributed by atoms with Gasteiger partial charge in [0.2, 0.25) is 11.8 Å². The first kappa shape index (κ1) is 23.5. The molecule has 0 aliphatic carbocycles. The van der Waals surface area contributed by atoms with Gasteiger partial charge in [-0.3, -0.25) is 9.59 Å². The molecule has 2 fully saturated rings. The van der Waals surface area contributed by atoms with Crippen molar-refractivity contribution in [3.63, 3.8) is 0 Å². The number of hydrogen-bond acceptors (Lipinski definition) is 6. The molecule has 0 radical (unpaired) electrons. The second kappa shape index (κ2) is 9.44. The van der Waals surface area contributed by atoms with Crippen LogP contribution >= 0.6 is 11.3 Å². The van der Waals surface area contributed by atoms with Crippen LogP contribution in [0.5, 0.6) is 0 Å². The molecule has 0 bridgehead atoms. The lowest BCUT2D eigenvalue weighted by Crippen LogP contribution is -2.49. The number of halogens is 3. The van der Waals surface area contributed by atoms with Gasteiger partial charge in [0.05, 0.1) is 24.3 Å². The van der Waals surface area contributed by atoms with Crippen LogP contribution in [-0.4, -0.2) is 59.0 Å². The number of aromatic nitrogens is 2. The number of thiophene rings is 1. The Morgan fingerprint density at radius 1 is 1.11 bits per heavy atom. The Kier molecular flexibility index (Phi) is 6.35.